The molecule has 2 aromatic carbocycles. The summed E-state index contributed by atoms with van der Waals surface area (Å²) in [7, 11) is 1.65. The third-order valence-electron chi connectivity index (χ3n) is 5.10. The first-order valence-corrected chi connectivity index (χ1v) is 10.3. The number of carbonyl (C=O) groups excluding carboxylic acids is 1. The fourth-order valence-corrected chi connectivity index (χ4v) is 3.46. The third kappa shape index (κ3) is 5.08. The normalized spacial score (nSPS) is 14.9. The number of benzene rings is 2. The molecule has 1 N–H and O–H groups in total. The van der Waals surface area contributed by atoms with Crippen molar-refractivity contribution >= 4 is 23.0 Å². The van der Waals surface area contributed by atoms with Gasteiger partial charge in [-0.1, -0.05) is 12.1 Å². The van der Waals surface area contributed by atoms with E-state index in [0.717, 1.165) is 22.6 Å². The van der Waals surface area contributed by atoms with E-state index in [-0.39, 0.29) is 18.1 Å². The van der Waals surface area contributed by atoms with Crippen LogP contribution in [0, 0.1) is 0 Å². The van der Waals surface area contributed by atoms with Crippen LogP contribution < -0.4 is 19.7 Å². The van der Waals surface area contributed by atoms with E-state index in [4.69, 9.17) is 18.6 Å². The van der Waals surface area contributed by atoms with Gasteiger partial charge in [-0.3, -0.25) is 4.79 Å². The van der Waals surface area contributed by atoms with Crippen LogP contribution in [0.4, 0.5) is 6.01 Å². The monoisotopic (exact) mass is 425 g/mol. The van der Waals surface area contributed by atoms with Crippen molar-refractivity contribution in [2.45, 2.75) is 26.0 Å². The zero-order chi connectivity index (χ0) is 21.8. The Morgan fingerprint density at radius 1 is 1.23 bits per heavy atom. The van der Waals surface area contributed by atoms with Gasteiger partial charge in [-0.2, -0.15) is 4.98 Å². The van der Waals surface area contributed by atoms with Gasteiger partial charge in [-0.15, -0.1) is 0 Å². The van der Waals surface area contributed by atoms with E-state index in [1.54, 1.807) is 7.11 Å². The molecule has 1 aliphatic rings. The molecule has 1 amide bonds. The van der Waals surface area contributed by atoms with Crippen molar-refractivity contribution in [2.75, 3.05) is 38.3 Å². The van der Waals surface area contributed by atoms with E-state index < -0.39 is 0 Å². The lowest BCUT2D eigenvalue weighted by molar-refractivity contribution is -0.119. The average Bonchev–Trinajstić information content (AvgIpc) is 3.13. The highest BCUT2D eigenvalue weighted by molar-refractivity contribution is 5.77. The summed E-state index contributed by atoms with van der Waals surface area (Å²) in [6, 6.07) is 13.9. The molecular formula is C23H27N3O5. The second-order valence-corrected chi connectivity index (χ2v) is 7.61. The molecule has 0 spiro atoms. The van der Waals surface area contributed by atoms with Gasteiger partial charge in [-0.05, 0) is 36.8 Å². The zero-order valence-corrected chi connectivity index (χ0v) is 18.0. The Labute approximate surface area is 181 Å². The first kappa shape index (κ1) is 21.0. The fourth-order valence-electron chi connectivity index (χ4n) is 3.46. The molecule has 3 aromatic rings. The van der Waals surface area contributed by atoms with Crippen molar-refractivity contribution in [3.63, 3.8) is 0 Å². The maximum Gasteiger partial charge on any atom is 0.298 e. The Hall–Kier alpha value is -3.26. The minimum absolute atomic E-state index is 0.0552. The van der Waals surface area contributed by atoms with Crippen LogP contribution in [0.15, 0.2) is 46.9 Å². The number of amides is 1. The lowest BCUT2D eigenvalue weighted by Crippen LogP contribution is -2.54. The Balaban J connectivity index is 1.34. The molecular weight excluding hydrogens is 398 g/mol. The number of nitrogens with one attached hydrogen (secondary N) is 1. The van der Waals surface area contributed by atoms with E-state index in [2.05, 4.69) is 10.3 Å². The summed E-state index contributed by atoms with van der Waals surface area (Å²) >= 11 is 0. The summed E-state index contributed by atoms with van der Waals surface area (Å²) < 4.78 is 22.6. The summed E-state index contributed by atoms with van der Waals surface area (Å²) in [6.07, 6.45) is 0.0552. The van der Waals surface area contributed by atoms with Gasteiger partial charge >= 0.3 is 0 Å². The lowest BCUT2D eigenvalue weighted by atomic mass is 10.1. The Morgan fingerprint density at radius 2 is 2.03 bits per heavy atom. The summed E-state index contributed by atoms with van der Waals surface area (Å²) in [5.74, 6) is 1.47. The summed E-state index contributed by atoms with van der Waals surface area (Å²) in [5.41, 5.74) is 2.47. The summed E-state index contributed by atoms with van der Waals surface area (Å²) in [4.78, 5) is 17.9. The van der Waals surface area contributed by atoms with Crippen LogP contribution in [0.25, 0.3) is 11.1 Å². The highest BCUT2D eigenvalue weighted by atomic mass is 16.5. The molecule has 1 aromatic heterocycles. The lowest BCUT2D eigenvalue weighted by Gasteiger charge is -2.37. The van der Waals surface area contributed by atoms with Gasteiger partial charge in [0.05, 0.1) is 25.7 Å². The second-order valence-electron chi connectivity index (χ2n) is 7.61. The van der Waals surface area contributed by atoms with Crippen LogP contribution in [0.1, 0.15) is 25.5 Å². The van der Waals surface area contributed by atoms with E-state index in [9.17, 15) is 4.79 Å². The molecule has 8 heteroatoms. The van der Waals surface area contributed by atoms with Crippen LogP contribution in [-0.2, 0) is 9.53 Å². The van der Waals surface area contributed by atoms with E-state index >= 15 is 0 Å². The van der Waals surface area contributed by atoms with Crippen molar-refractivity contribution in [1.29, 1.82) is 0 Å². The van der Waals surface area contributed by atoms with Gasteiger partial charge < -0.3 is 28.8 Å². The molecule has 1 atom stereocenters. The van der Waals surface area contributed by atoms with Crippen molar-refractivity contribution in [2.24, 2.45) is 0 Å². The number of carbonyl (C=O) groups is 1. The molecule has 1 aliphatic heterocycles. The Morgan fingerprint density at radius 3 is 2.81 bits per heavy atom. The molecule has 1 fully saturated rings. The summed E-state index contributed by atoms with van der Waals surface area (Å²) in [6.45, 7) is 5.87. The second kappa shape index (κ2) is 9.26. The third-order valence-corrected chi connectivity index (χ3v) is 5.10. The number of fused-ring (bicyclic) bond motifs is 1. The molecule has 0 radical (unpaired) electrons. The molecule has 8 nitrogen and oxygen atoms in total. The van der Waals surface area contributed by atoms with Crippen LogP contribution in [0.3, 0.4) is 0 Å². The smallest absolute Gasteiger partial charge is 0.298 e. The topological polar surface area (TPSA) is 86.1 Å². The van der Waals surface area contributed by atoms with Crippen LogP contribution >= 0.6 is 0 Å². The predicted octanol–water partition coefficient (Wildman–Crippen LogP) is 3.32. The number of hydrogen-bond acceptors (Lipinski definition) is 7. The fraction of sp³-hybridized carbons (Fsp3) is 0.391. The number of anilines is 1. The van der Waals surface area contributed by atoms with Gasteiger partial charge in [-0.25, -0.2) is 0 Å². The number of methoxy groups -OCH3 is 1. The summed E-state index contributed by atoms with van der Waals surface area (Å²) in [5, 5.41) is 2.88. The zero-order valence-electron chi connectivity index (χ0n) is 18.0. The minimum Gasteiger partial charge on any atom is -0.491 e. The van der Waals surface area contributed by atoms with Crippen molar-refractivity contribution in [3.05, 3.63) is 48.0 Å². The van der Waals surface area contributed by atoms with E-state index in [0.29, 0.717) is 37.9 Å². The number of hydrogen-bond donors (Lipinski definition) is 1. The van der Waals surface area contributed by atoms with Gasteiger partial charge in [0.2, 0.25) is 5.91 Å². The van der Waals surface area contributed by atoms with Crippen molar-refractivity contribution in [3.8, 4) is 11.5 Å². The maximum absolute atomic E-state index is 11.3. The number of rotatable bonds is 9. The van der Waals surface area contributed by atoms with Gasteiger partial charge in [0.1, 0.15) is 29.7 Å². The minimum atomic E-state index is -0.0912. The highest BCUT2D eigenvalue weighted by Gasteiger charge is 2.32. The van der Waals surface area contributed by atoms with Crippen molar-refractivity contribution < 1.29 is 23.4 Å². The molecule has 0 saturated carbocycles. The number of aromatic nitrogens is 1. The Kier molecular flexibility index (Phi) is 6.27. The van der Waals surface area contributed by atoms with Gasteiger partial charge in [0.25, 0.3) is 6.01 Å². The van der Waals surface area contributed by atoms with E-state index in [1.165, 1.54) is 6.92 Å². The molecule has 31 heavy (non-hydrogen) atoms. The maximum atomic E-state index is 11.3. The first-order chi connectivity index (χ1) is 15.0. The molecule has 0 bridgehead atoms. The molecule has 1 unspecified atom stereocenters. The van der Waals surface area contributed by atoms with E-state index in [1.807, 2.05) is 54.3 Å². The average molecular weight is 425 g/mol. The largest absolute Gasteiger partial charge is 0.491 e. The van der Waals surface area contributed by atoms with Crippen LogP contribution in [0.2, 0.25) is 0 Å². The van der Waals surface area contributed by atoms with Crippen molar-refractivity contribution in [1.82, 2.24) is 10.3 Å². The molecule has 164 valence electrons. The predicted molar refractivity (Wildman–Crippen MR) is 117 cm³/mol. The molecule has 0 aliphatic carbocycles. The van der Waals surface area contributed by atoms with Crippen LogP contribution in [-0.4, -0.2) is 50.4 Å². The number of nitrogens with zero attached hydrogens (tertiary/aromatic N) is 2. The van der Waals surface area contributed by atoms with Gasteiger partial charge in [0.15, 0.2) is 5.58 Å². The van der Waals surface area contributed by atoms with Crippen LogP contribution in [0.5, 0.6) is 11.5 Å². The number of ether oxygens (including phenoxy) is 3. The first-order valence-electron chi connectivity index (χ1n) is 10.3. The number of oxazole rings is 1. The molecule has 4 rings (SSSR count). The SMILES string of the molecule is COCCOc1cccc(OC2CN(c3nc4ccc(C(C)NC(C)=O)cc4o3)C2)c1. The van der Waals surface area contributed by atoms with Gasteiger partial charge in [0, 0.05) is 20.1 Å². The Bertz CT molecular complexity index is 1040. The molecule has 2 heterocycles. The quantitative estimate of drug-likeness (QED) is 0.526. The standard InChI is InChI=1S/C23H27N3O5/c1-15(24-16(2)27)17-7-8-21-22(11-17)31-23(25-21)26-13-20(14-26)30-19-6-4-5-18(12-19)29-10-9-28-3/h4-8,11-12,15,20H,9-10,13-14H2,1-3H3,(H,24,27). The molecule has 1 saturated heterocycles. The highest BCUT2D eigenvalue weighted by Crippen LogP contribution is 2.29.